The molecule has 0 fully saturated rings. The molecule has 13 nitrogen and oxygen atoms in total. The van der Waals surface area contributed by atoms with Crippen molar-refractivity contribution in [3.63, 3.8) is 0 Å². The number of H-pyrrole nitrogens is 2. The van der Waals surface area contributed by atoms with E-state index in [0.29, 0.717) is 0 Å². The van der Waals surface area contributed by atoms with E-state index in [1.54, 1.807) is 26.2 Å². The molecule has 2 aromatic carbocycles. The maximum absolute atomic E-state index is 13.7. The van der Waals surface area contributed by atoms with Crippen molar-refractivity contribution in [2.45, 2.75) is 63.7 Å². The van der Waals surface area contributed by atoms with E-state index in [0.717, 1.165) is 32.9 Å². The molecule has 0 saturated carbocycles. The Labute approximate surface area is 259 Å². The van der Waals surface area contributed by atoms with Crippen LogP contribution < -0.4 is 27.4 Å². The molecule has 45 heavy (non-hydrogen) atoms. The highest BCUT2D eigenvalue weighted by Crippen LogP contribution is 2.21. The second-order valence-electron chi connectivity index (χ2n) is 11.4. The number of fused-ring (bicyclic) bond motifs is 2. The number of amides is 4. The van der Waals surface area contributed by atoms with E-state index < -0.39 is 59.7 Å². The van der Waals surface area contributed by atoms with Crippen LogP contribution in [-0.2, 0) is 36.8 Å². The van der Waals surface area contributed by atoms with Crippen molar-refractivity contribution < 1.29 is 29.1 Å². The Morgan fingerprint density at radius 1 is 0.756 bits per heavy atom. The number of hydrogen-bond donors (Lipinski definition) is 8. The number of benzene rings is 2. The van der Waals surface area contributed by atoms with E-state index >= 15 is 0 Å². The molecule has 4 amide bonds. The molecule has 4 atom stereocenters. The Balaban J connectivity index is 1.52. The number of primary amides is 1. The molecule has 0 saturated heterocycles. The minimum absolute atomic E-state index is 0.00732. The highest BCUT2D eigenvalue weighted by Gasteiger charge is 2.32. The standard InChI is InChI=1S/C32H39N7O6/c1-17(2)28(31(43)38-26(32(44)45)14-19-16-36-24-10-6-4-8-21(19)24)39-30(42)25(37-29(41)22(33)11-12-27(34)40)13-18-15-35-23-9-5-3-7-20(18)23/h3-10,15-17,22,25-26,28,35-36H,11-14,33H2,1-2H3,(H2,34,40)(H,37,41)(H,38,43)(H,39,42)(H,44,45). The van der Waals surface area contributed by atoms with Gasteiger partial charge in [-0.2, -0.15) is 0 Å². The molecular weight excluding hydrogens is 578 g/mol. The first-order valence-electron chi connectivity index (χ1n) is 14.7. The summed E-state index contributed by atoms with van der Waals surface area (Å²) in [5.74, 6) is -4.27. The van der Waals surface area contributed by atoms with Crippen molar-refractivity contribution in [1.82, 2.24) is 25.9 Å². The summed E-state index contributed by atoms with van der Waals surface area (Å²) >= 11 is 0. The van der Waals surface area contributed by atoms with E-state index in [1.807, 2.05) is 48.5 Å². The van der Waals surface area contributed by atoms with Crippen LogP contribution in [0.4, 0.5) is 0 Å². The first-order valence-corrected chi connectivity index (χ1v) is 14.7. The van der Waals surface area contributed by atoms with Crippen LogP contribution in [0, 0.1) is 5.92 Å². The summed E-state index contributed by atoms with van der Waals surface area (Å²) in [6.45, 7) is 3.43. The number of aromatic amines is 2. The summed E-state index contributed by atoms with van der Waals surface area (Å²) < 4.78 is 0. The minimum atomic E-state index is -1.26. The predicted molar refractivity (Wildman–Crippen MR) is 169 cm³/mol. The molecule has 238 valence electrons. The minimum Gasteiger partial charge on any atom is -0.480 e. The Hall–Kier alpha value is -5.17. The smallest absolute Gasteiger partial charge is 0.326 e. The largest absolute Gasteiger partial charge is 0.480 e. The van der Waals surface area contributed by atoms with Gasteiger partial charge in [0.2, 0.25) is 23.6 Å². The van der Waals surface area contributed by atoms with E-state index in [1.165, 1.54) is 0 Å². The lowest BCUT2D eigenvalue weighted by Crippen LogP contribution is -2.59. The number of nitrogens with two attached hydrogens (primary N) is 2. The van der Waals surface area contributed by atoms with Gasteiger partial charge in [0.1, 0.15) is 18.1 Å². The molecule has 2 aromatic heterocycles. The molecule has 4 rings (SSSR count). The number of carboxylic acids is 1. The molecule has 10 N–H and O–H groups in total. The quantitative estimate of drug-likeness (QED) is 0.0972. The van der Waals surface area contributed by atoms with Crippen molar-refractivity contribution in [3.8, 4) is 0 Å². The van der Waals surface area contributed by atoms with Gasteiger partial charge >= 0.3 is 5.97 Å². The number of aliphatic carboxylic acids is 1. The average Bonchev–Trinajstić information content (AvgIpc) is 3.61. The molecule has 0 spiro atoms. The number of para-hydroxylation sites is 2. The first kappa shape index (κ1) is 32.7. The molecule has 13 heteroatoms. The van der Waals surface area contributed by atoms with Gasteiger partial charge in [-0.3, -0.25) is 19.2 Å². The molecule has 0 aliphatic heterocycles. The fraction of sp³-hybridized carbons (Fsp3) is 0.344. The van der Waals surface area contributed by atoms with Crippen molar-refractivity contribution >= 4 is 51.4 Å². The number of carboxylic acid groups (broad SMARTS) is 1. The zero-order valence-corrected chi connectivity index (χ0v) is 25.1. The normalized spacial score (nSPS) is 14.0. The van der Waals surface area contributed by atoms with Gasteiger partial charge in [0, 0.05) is 53.5 Å². The number of nitrogens with one attached hydrogen (secondary N) is 5. The van der Waals surface area contributed by atoms with Gasteiger partial charge in [-0.25, -0.2) is 4.79 Å². The highest BCUT2D eigenvalue weighted by atomic mass is 16.4. The zero-order valence-electron chi connectivity index (χ0n) is 25.1. The van der Waals surface area contributed by atoms with Gasteiger partial charge in [0.25, 0.3) is 0 Å². The topological polar surface area (TPSA) is 225 Å². The fourth-order valence-electron chi connectivity index (χ4n) is 5.21. The van der Waals surface area contributed by atoms with Crippen molar-refractivity contribution in [2.75, 3.05) is 0 Å². The summed E-state index contributed by atoms with van der Waals surface area (Å²) in [5.41, 5.74) is 14.3. The van der Waals surface area contributed by atoms with Gasteiger partial charge in [-0.15, -0.1) is 0 Å². The predicted octanol–water partition coefficient (Wildman–Crippen LogP) is 1.22. The maximum Gasteiger partial charge on any atom is 0.326 e. The van der Waals surface area contributed by atoms with Crippen LogP contribution in [0.5, 0.6) is 0 Å². The third-order valence-electron chi connectivity index (χ3n) is 7.73. The monoisotopic (exact) mass is 617 g/mol. The second-order valence-corrected chi connectivity index (χ2v) is 11.4. The van der Waals surface area contributed by atoms with Gasteiger partial charge in [-0.05, 0) is 35.6 Å². The maximum atomic E-state index is 13.7. The second kappa shape index (κ2) is 14.5. The molecular formula is C32H39N7O6. The lowest BCUT2D eigenvalue weighted by Gasteiger charge is -2.27. The summed E-state index contributed by atoms with van der Waals surface area (Å²) in [7, 11) is 0. The molecule has 0 radical (unpaired) electrons. The Morgan fingerprint density at radius 2 is 1.27 bits per heavy atom. The van der Waals surface area contributed by atoms with E-state index in [-0.39, 0.29) is 25.7 Å². The third-order valence-corrected chi connectivity index (χ3v) is 7.73. The number of carbonyl (C=O) groups excluding carboxylic acids is 4. The van der Waals surface area contributed by atoms with Crippen LogP contribution >= 0.6 is 0 Å². The highest BCUT2D eigenvalue weighted by molar-refractivity contribution is 5.95. The number of carbonyl (C=O) groups is 5. The van der Waals surface area contributed by atoms with Crippen LogP contribution in [0.1, 0.15) is 37.8 Å². The lowest BCUT2D eigenvalue weighted by atomic mass is 9.99. The Kier molecular flexibility index (Phi) is 10.6. The Bertz CT molecular complexity index is 1690. The number of rotatable bonds is 15. The molecule has 0 aliphatic carbocycles. The van der Waals surface area contributed by atoms with E-state index in [4.69, 9.17) is 11.5 Å². The van der Waals surface area contributed by atoms with Crippen molar-refractivity contribution in [3.05, 3.63) is 72.1 Å². The molecule has 0 bridgehead atoms. The van der Waals surface area contributed by atoms with Crippen LogP contribution in [0.3, 0.4) is 0 Å². The van der Waals surface area contributed by atoms with Crippen molar-refractivity contribution in [2.24, 2.45) is 17.4 Å². The van der Waals surface area contributed by atoms with E-state index in [9.17, 15) is 29.1 Å². The Morgan fingerprint density at radius 3 is 1.78 bits per heavy atom. The van der Waals surface area contributed by atoms with Gasteiger partial charge in [0.05, 0.1) is 6.04 Å². The number of hydrogen-bond acceptors (Lipinski definition) is 6. The molecule has 0 aliphatic rings. The summed E-state index contributed by atoms with van der Waals surface area (Å²) in [5, 5.41) is 19.6. The van der Waals surface area contributed by atoms with Crippen LogP contribution in [0.15, 0.2) is 60.9 Å². The van der Waals surface area contributed by atoms with Gasteiger partial charge < -0.3 is 42.5 Å². The molecule has 2 heterocycles. The van der Waals surface area contributed by atoms with Crippen LogP contribution in [0.2, 0.25) is 0 Å². The van der Waals surface area contributed by atoms with Crippen LogP contribution in [-0.4, -0.2) is 68.8 Å². The van der Waals surface area contributed by atoms with Gasteiger partial charge in [0.15, 0.2) is 0 Å². The first-order chi connectivity index (χ1) is 21.4. The zero-order chi connectivity index (χ0) is 32.7. The number of aromatic nitrogens is 2. The lowest BCUT2D eigenvalue weighted by molar-refractivity contribution is -0.142. The van der Waals surface area contributed by atoms with Crippen LogP contribution in [0.25, 0.3) is 21.8 Å². The molecule has 4 unspecified atom stereocenters. The SMILES string of the molecule is CC(C)C(NC(=O)C(Cc1c[nH]c2ccccc12)NC(=O)C(N)CCC(N)=O)C(=O)NC(Cc1c[nH]c2ccccc12)C(=O)O. The average molecular weight is 618 g/mol. The van der Waals surface area contributed by atoms with Gasteiger partial charge in [-0.1, -0.05) is 50.2 Å². The fourth-order valence-corrected chi connectivity index (χ4v) is 5.21. The van der Waals surface area contributed by atoms with E-state index in [2.05, 4.69) is 25.9 Å². The third kappa shape index (κ3) is 8.26. The summed E-state index contributed by atoms with van der Waals surface area (Å²) in [6, 6.07) is 10.3. The summed E-state index contributed by atoms with van der Waals surface area (Å²) in [4.78, 5) is 69.8. The summed E-state index contributed by atoms with van der Waals surface area (Å²) in [6.07, 6.45) is 3.42. The van der Waals surface area contributed by atoms with Crippen molar-refractivity contribution in [1.29, 1.82) is 0 Å². The molecule has 4 aromatic rings.